The average Bonchev–Trinajstić information content (AvgIpc) is 2.82. The molecule has 2 aliphatic heterocycles. The molecule has 2 aliphatic rings. The second kappa shape index (κ2) is 4.85. The molecule has 1 aromatic rings. The van der Waals surface area contributed by atoms with E-state index in [1.807, 2.05) is 18.2 Å². The van der Waals surface area contributed by atoms with Gasteiger partial charge in [-0.15, -0.1) is 6.58 Å². The van der Waals surface area contributed by atoms with E-state index < -0.39 is 5.79 Å². The van der Waals surface area contributed by atoms with Gasteiger partial charge in [-0.1, -0.05) is 39.0 Å². The fraction of sp³-hybridized carbons (Fsp3) is 0.556. The Morgan fingerprint density at radius 3 is 2.48 bits per heavy atom. The smallest absolute Gasteiger partial charge is 0.172 e. The van der Waals surface area contributed by atoms with Crippen LogP contribution in [-0.4, -0.2) is 17.0 Å². The molecular weight excluding hydrogens is 264 g/mol. The Labute approximate surface area is 126 Å². The summed E-state index contributed by atoms with van der Waals surface area (Å²) in [7, 11) is 0. The molecule has 2 fully saturated rings. The second-order valence-corrected chi connectivity index (χ2v) is 6.84. The van der Waals surface area contributed by atoms with Crippen LogP contribution in [-0.2, 0) is 9.47 Å². The highest BCUT2D eigenvalue weighted by atomic mass is 16.8. The van der Waals surface area contributed by atoms with Gasteiger partial charge in [0, 0.05) is 17.8 Å². The van der Waals surface area contributed by atoms with Crippen LogP contribution in [0.3, 0.4) is 0 Å². The van der Waals surface area contributed by atoms with E-state index in [1.54, 1.807) is 12.1 Å². The number of ether oxygens (including phenoxy) is 2. The SMILES string of the molecule is C=C[C@]1(C)CC[C@]2(C(C)C)O[C@H](c3ccc(O)cc3)[C@H]1O2. The molecule has 2 heterocycles. The van der Waals surface area contributed by atoms with Crippen LogP contribution >= 0.6 is 0 Å². The van der Waals surface area contributed by atoms with Gasteiger partial charge < -0.3 is 14.6 Å². The molecule has 3 heteroatoms. The molecule has 0 aliphatic carbocycles. The Kier molecular flexibility index (Phi) is 3.38. The zero-order valence-corrected chi connectivity index (χ0v) is 13.0. The van der Waals surface area contributed by atoms with Crippen LogP contribution in [0.4, 0.5) is 0 Å². The minimum Gasteiger partial charge on any atom is -0.508 e. The van der Waals surface area contributed by atoms with Crippen LogP contribution in [0.2, 0.25) is 0 Å². The molecule has 0 radical (unpaired) electrons. The van der Waals surface area contributed by atoms with Crippen molar-refractivity contribution < 1.29 is 14.6 Å². The van der Waals surface area contributed by atoms with Crippen molar-refractivity contribution in [2.24, 2.45) is 11.3 Å². The minimum atomic E-state index is -0.490. The summed E-state index contributed by atoms with van der Waals surface area (Å²) in [6.07, 6.45) is 3.77. The number of benzene rings is 1. The van der Waals surface area contributed by atoms with Crippen LogP contribution < -0.4 is 0 Å². The minimum absolute atomic E-state index is 0.0318. The van der Waals surface area contributed by atoms with Crippen molar-refractivity contribution >= 4 is 0 Å². The van der Waals surface area contributed by atoms with Crippen LogP contribution in [0.5, 0.6) is 5.75 Å². The maximum absolute atomic E-state index is 9.49. The van der Waals surface area contributed by atoms with Gasteiger partial charge in [0.05, 0.1) is 0 Å². The van der Waals surface area contributed by atoms with Crippen LogP contribution in [0.25, 0.3) is 0 Å². The predicted molar refractivity (Wildman–Crippen MR) is 81.9 cm³/mol. The molecule has 4 atom stereocenters. The van der Waals surface area contributed by atoms with Gasteiger partial charge in [0.1, 0.15) is 18.0 Å². The van der Waals surface area contributed by atoms with Gasteiger partial charge in [-0.3, -0.25) is 0 Å². The molecule has 3 rings (SSSR count). The van der Waals surface area contributed by atoms with Crippen molar-refractivity contribution in [2.45, 2.75) is 51.6 Å². The topological polar surface area (TPSA) is 38.7 Å². The fourth-order valence-electron chi connectivity index (χ4n) is 3.45. The zero-order chi connectivity index (χ0) is 15.3. The normalized spacial score (nSPS) is 38.7. The van der Waals surface area contributed by atoms with Crippen molar-refractivity contribution in [3.8, 4) is 5.75 Å². The summed E-state index contributed by atoms with van der Waals surface area (Å²) >= 11 is 0. The van der Waals surface area contributed by atoms with Gasteiger partial charge >= 0.3 is 0 Å². The lowest BCUT2D eigenvalue weighted by molar-refractivity contribution is -0.235. The largest absolute Gasteiger partial charge is 0.508 e. The number of rotatable bonds is 3. The zero-order valence-electron chi connectivity index (χ0n) is 13.0. The first-order chi connectivity index (χ1) is 9.90. The highest BCUT2D eigenvalue weighted by Crippen LogP contribution is 2.56. The van der Waals surface area contributed by atoms with E-state index >= 15 is 0 Å². The van der Waals surface area contributed by atoms with Crippen LogP contribution in [0, 0.1) is 11.3 Å². The third kappa shape index (κ3) is 2.19. The number of aromatic hydroxyl groups is 1. The molecule has 114 valence electrons. The number of phenolic OH excluding ortho intramolecular Hbond substituents is 1. The van der Waals surface area contributed by atoms with E-state index in [-0.39, 0.29) is 23.4 Å². The van der Waals surface area contributed by atoms with E-state index in [4.69, 9.17) is 9.47 Å². The number of fused-ring (bicyclic) bond motifs is 2. The monoisotopic (exact) mass is 288 g/mol. The highest BCUT2D eigenvalue weighted by molar-refractivity contribution is 5.30. The van der Waals surface area contributed by atoms with E-state index in [2.05, 4.69) is 27.4 Å². The highest BCUT2D eigenvalue weighted by Gasteiger charge is 2.59. The summed E-state index contributed by atoms with van der Waals surface area (Å²) in [6, 6.07) is 7.24. The van der Waals surface area contributed by atoms with Gasteiger partial charge in [0.15, 0.2) is 5.79 Å². The first kappa shape index (κ1) is 14.6. The molecule has 21 heavy (non-hydrogen) atoms. The standard InChI is InChI=1S/C18H24O3/c1-5-17(4)10-11-18(12(2)3)20-15(16(17)21-18)13-6-8-14(19)9-7-13/h5-9,12,15-16,19H,1,10-11H2,2-4H3/t15-,16-,17-,18+/m1/s1. The van der Waals surface area contributed by atoms with Crippen molar-refractivity contribution in [3.05, 3.63) is 42.5 Å². The van der Waals surface area contributed by atoms with Gasteiger partial charge in [-0.25, -0.2) is 0 Å². The Bertz CT molecular complexity index is 536. The van der Waals surface area contributed by atoms with Crippen molar-refractivity contribution in [1.82, 2.24) is 0 Å². The molecule has 1 N–H and O–H groups in total. The molecule has 1 aromatic carbocycles. The third-order valence-electron chi connectivity index (χ3n) is 5.16. The quantitative estimate of drug-likeness (QED) is 0.848. The van der Waals surface area contributed by atoms with Crippen molar-refractivity contribution in [1.29, 1.82) is 0 Å². The van der Waals surface area contributed by atoms with E-state index in [9.17, 15) is 5.11 Å². The van der Waals surface area contributed by atoms with Crippen molar-refractivity contribution in [3.63, 3.8) is 0 Å². The summed E-state index contributed by atoms with van der Waals surface area (Å²) in [5.74, 6) is 0.0811. The van der Waals surface area contributed by atoms with Gasteiger partial charge in [-0.2, -0.15) is 0 Å². The number of hydrogen-bond donors (Lipinski definition) is 1. The summed E-state index contributed by atoms with van der Waals surface area (Å²) in [5, 5.41) is 9.49. The first-order valence-corrected chi connectivity index (χ1v) is 7.68. The van der Waals surface area contributed by atoms with Gasteiger partial charge in [0.2, 0.25) is 0 Å². The van der Waals surface area contributed by atoms with Crippen LogP contribution in [0.1, 0.15) is 45.3 Å². The second-order valence-electron chi connectivity index (χ2n) is 6.84. The van der Waals surface area contributed by atoms with Gasteiger partial charge in [0.25, 0.3) is 0 Å². The number of phenols is 1. The van der Waals surface area contributed by atoms with E-state index in [1.165, 1.54) is 0 Å². The molecule has 0 saturated carbocycles. The Morgan fingerprint density at radius 2 is 1.90 bits per heavy atom. The molecule has 2 saturated heterocycles. The average molecular weight is 288 g/mol. The summed E-state index contributed by atoms with van der Waals surface area (Å²) in [5.41, 5.74) is 0.965. The Morgan fingerprint density at radius 1 is 1.24 bits per heavy atom. The fourth-order valence-corrected chi connectivity index (χ4v) is 3.45. The molecule has 0 unspecified atom stereocenters. The lowest BCUT2D eigenvalue weighted by Gasteiger charge is -2.42. The Hall–Kier alpha value is -1.32. The molecule has 0 amide bonds. The van der Waals surface area contributed by atoms with Crippen LogP contribution in [0.15, 0.2) is 36.9 Å². The molecular formula is C18H24O3. The third-order valence-corrected chi connectivity index (χ3v) is 5.16. The molecule has 3 nitrogen and oxygen atoms in total. The molecule has 0 aromatic heterocycles. The summed E-state index contributed by atoms with van der Waals surface area (Å²) < 4.78 is 12.8. The molecule has 2 bridgehead atoms. The van der Waals surface area contributed by atoms with Gasteiger partial charge in [-0.05, 0) is 24.1 Å². The number of hydrogen-bond acceptors (Lipinski definition) is 3. The predicted octanol–water partition coefficient (Wildman–Crippen LogP) is 4.19. The first-order valence-electron chi connectivity index (χ1n) is 7.68. The maximum Gasteiger partial charge on any atom is 0.172 e. The van der Waals surface area contributed by atoms with E-state index in [0.717, 1.165) is 18.4 Å². The van der Waals surface area contributed by atoms with Crippen molar-refractivity contribution in [2.75, 3.05) is 0 Å². The van der Waals surface area contributed by atoms with E-state index in [0.29, 0.717) is 5.92 Å². The lowest BCUT2D eigenvalue weighted by atomic mass is 9.74. The lowest BCUT2D eigenvalue weighted by Crippen LogP contribution is -2.46. The molecule has 0 spiro atoms. The Balaban J connectivity index is 2.00. The summed E-state index contributed by atoms with van der Waals surface area (Å²) in [4.78, 5) is 0. The maximum atomic E-state index is 9.49. The summed E-state index contributed by atoms with van der Waals surface area (Å²) in [6.45, 7) is 10.5.